The number of aromatic nitrogens is 3. The van der Waals surface area contributed by atoms with Gasteiger partial charge in [0.2, 0.25) is 15.9 Å². The molecule has 0 saturated carbocycles. The lowest BCUT2D eigenvalue weighted by Gasteiger charge is -2.24. The Balaban J connectivity index is 1.57. The molecule has 1 fully saturated rings. The molecule has 184 valence electrons. The fourth-order valence-electron chi connectivity index (χ4n) is 5.00. The summed E-state index contributed by atoms with van der Waals surface area (Å²) >= 11 is 0. The third kappa shape index (κ3) is 4.63. The van der Waals surface area contributed by atoms with E-state index in [4.69, 9.17) is 4.98 Å². The van der Waals surface area contributed by atoms with Crippen molar-refractivity contribution in [3.63, 3.8) is 0 Å². The zero-order valence-electron chi connectivity index (χ0n) is 20.3. The third-order valence-corrected chi connectivity index (χ3v) is 8.75. The normalized spacial score (nSPS) is 16.7. The van der Waals surface area contributed by atoms with Crippen LogP contribution in [0.1, 0.15) is 64.0 Å². The number of carbonyl (C=O) groups excluding carboxylic acids is 1. The van der Waals surface area contributed by atoms with Crippen molar-refractivity contribution in [1.82, 2.24) is 23.7 Å². The van der Waals surface area contributed by atoms with Crippen molar-refractivity contribution in [3.8, 4) is 0 Å². The third-order valence-electron chi connectivity index (χ3n) is 6.71. The molecule has 1 atom stereocenters. The first-order chi connectivity index (χ1) is 16.4. The Morgan fingerprint density at radius 1 is 1.21 bits per heavy atom. The molecule has 34 heavy (non-hydrogen) atoms. The SMILES string of the molecule is CCCn1c(CCC(=O)N2CCC[C@@H]2c2ccc[nH]2)nc2cc(S(=O)(=O)N(CC)CC)ccc21. The predicted molar refractivity (Wildman–Crippen MR) is 133 cm³/mol. The molecular formula is C25H35N5O3S. The van der Waals surface area contributed by atoms with Gasteiger partial charge in [-0.15, -0.1) is 0 Å². The summed E-state index contributed by atoms with van der Waals surface area (Å²) in [6.07, 6.45) is 5.72. The first-order valence-electron chi connectivity index (χ1n) is 12.3. The van der Waals surface area contributed by atoms with Crippen molar-refractivity contribution in [3.05, 3.63) is 48.0 Å². The number of nitrogens with zero attached hydrogens (tertiary/aromatic N) is 4. The highest BCUT2D eigenvalue weighted by molar-refractivity contribution is 7.89. The molecule has 3 aromatic rings. The Morgan fingerprint density at radius 3 is 2.68 bits per heavy atom. The maximum atomic E-state index is 13.1. The molecule has 1 N–H and O–H groups in total. The van der Waals surface area contributed by atoms with Gasteiger partial charge >= 0.3 is 0 Å². The van der Waals surface area contributed by atoms with E-state index < -0.39 is 10.0 Å². The van der Waals surface area contributed by atoms with Gasteiger partial charge in [0.25, 0.3) is 0 Å². The summed E-state index contributed by atoms with van der Waals surface area (Å²) in [4.78, 5) is 23.4. The average Bonchev–Trinajstić information content (AvgIpc) is 3.58. The molecule has 3 heterocycles. The fourth-order valence-corrected chi connectivity index (χ4v) is 6.48. The molecule has 1 saturated heterocycles. The number of amides is 1. The summed E-state index contributed by atoms with van der Waals surface area (Å²) < 4.78 is 29.5. The van der Waals surface area contributed by atoms with Gasteiger partial charge in [-0.2, -0.15) is 4.31 Å². The van der Waals surface area contributed by atoms with Crippen LogP contribution in [0.5, 0.6) is 0 Å². The van der Waals surface area contributed by atoms with E-state index in [9.17, 15) is 13.2 Å². The number of sulfonamides is 1. The predicted octanol–water partition coefficient (Wildman–Crippen LogP) is 4.10. The highest BCUT2D eigenvalue weighted by atomic mass is 32.2. The molecule has 0 aliphatic carbocycles. The minimum absolute atomic E-state index is 0.116. The van der Waals surface area contributed by atoms with Crippen LogP contribution in [0.2, 0.25) is 0 Å². The molecule has 2 aromatic heterocycles. The van der Waals surface area contributed by atoms with E-state index >= 15 is 0 Å². The zero-order valence-corrected chi connectivity index (χ0v) is 21.1. The smallest absolute Gasteiger partial charge is 0.243 e. The molecule has 1 aromatic carbocycles. The van der Waals surface area contributed by atoms with Gasteiger partial charge in [-0.3, -0.25) is 4.79 Å². The van der Waals surface area contributed by atoms with Crippen LogP contribution in [0, 0.1) is 0 Å². The highest BCUT2D eigenvalue weighted by Crippen LogP contribution is 2.32. The van der Waals surface area contributed by atoms with Crippen LogP contribution in [-0.2, 0) is 27.8 Å². The van der Waals surface area contributed by atoms with E-state index in [1.807, 2.05) is 43.1 Å². The van der Waals surface area contributed by atoms with Crippen LogP contribution >= 0.6 is 0 Å². The Hall–Kier alpha value is -2.65. The largest absolute Gasteiger partial charge is 0.363 e. The summed E-state index contributed by atoms with van der Waals surface area (Å²) in [6, 6.07) is 9.32. The molecule has 4 rings (SSSR count). The molecule has 0 unspecified atom stereocenters. The van der Waals surface area contributed by atoms with Crippen molar-refractivity contribution in [2.75, 3.05) is 19.6 Å². The molecular weight excluding hydrogens is 450 g/mol. The van der Waals surface area contributed by atoms with E-state index in [-0.39, 0.29) is 16.8 Å². The lowest BCUT2D eigenvalue weighted by molar-refractivity contribution is -0.132. The van der Waals surface area contributed by atoms with Crippen molar-refractivity contribution in [2.45, 2.75) is 70.4 Å². The van der Waals surface area contributed by atoms with Crippen molar-refractivity contribution < 1.29 is 13.2 Å². The summed E-state index contributed by atoms with van der Waals surface area (Å²) in [5, 5.41) is 0. The van der Waals surface area contributed by atoms with E-state index in [1.54, 1.807) is 12.1 Å². The topological polar surface area (TPSA) is 91.3 Å². The standard InChI is InChI=1S/C25H35N5O3S/c1-4-16-29-23-12-11-19(34(32,33)28(5-2)6-3)18-21(23)27-24(29)13-14-25(31)30-17-8-10-22(30)20-9-7-15-26-20/h7,9,11-12,15,18,22,26H,4-6,8,10,13-14,16-17H2,1-3H3/t22-/m1/s1. The number of nitrogens with one attached hydrogen (secondary N) is 1. The van der Waals surface area contributed by atoms with Gasteiger partial charge in [-0.1, -0.05) is 20.8 Å². The maximum absolute atomic E-state index is 13.1. The Labute approximate surface area is 202 Å². The number of rotatable bonds is 10. The van der Waals surface area contributed by atoms with Gasteiger partial charge in [0, 0.05) is 50.9 Å². The molecule has 0 radical (unpaired) electrons. The maximum Gasteiger partial charge on any atom is 0.243 e. The lowest BCUT2D eigenvalue weighted by atomic mass is 10.1. The van der Waals surface area contributed by atoms with Gasteiger partial charge in [-0.25, -0.2) is 13.4 Å². The van der Waals surface area contributed by atoms with E-state index in [2.05, 4.69) is 16.5 Å². The number of hydrogen-bond donors (Lipinski definition) is 1. The number of aryl methyl sites for hydroxylation is 2. The molecule has 1 amide bonds. The van der Waals surface area contributed by atoms with Gasteiger partial charge in [0.1, 0.15) is 5.82 Å². The quantitative estimate of drug-likeness (QED) is 0.468. The van der Waals surface area contributed by atoms with Crippen LogP contribution in [0.15, 0.2) is 41.4 Å². The monoisotopic (exact) mass is 485 g/mol. The minimum Gasteiger partial charge on any atom is -0.363 e. The van der Waals surface area contributed by atoms with Crippen molar-refractivity contribution in [1.29, 1.82) is 0 Å². The van der Waals surface area contributed by atoms with Crippen LogP contribution in [0.3, 0.4) is 0 Å². The van der Waals surface area contributed by atoms with Crippen molar-refractivity contribution in [2.24, 2.45) is 0 Å². The van der Waals surface area contributed by atoms with E-state index in [0.29, 0.717) is 31.4 Å². The average molecular weight is 486 g/mol. The van der Waals surface area contributed by atoms with Crippen LogP contribution in [0.4, 0.5) is 0 Å². The van der Waals surface area contributed by atoms with Gasteiger partial charge in [0.05, 0.1) is 22.0 Å². The number of likely N-dealkylation sites (tertiary alicyclic amines) is 1. The number of benzene rings is 1. The Morgan fingerprint density at radius 2 is 2.00 bits per heavy atom. The Bertz CT molecular complexity index is 1230. The number of H-pyrrole nitrogens is 1. The minimum atomic E-state index is -3.55. The molecule has 9 heteroatoms. The summed E-state index contributed by atoms with van der Waals surface area (Å²) in [6.45, 7) is 8.18. The second kappa shape index (κ2) is 10.3. The summed E-state index contributed by atoms with van der Waals surface area (Å²) in [7, 11) is -3.55. The van der Waals surface area contributed by atoms with E-state index in [1.165, 1.54) is 4.31 Å². The summed E-state index contributed by atoms with van der Waals surface area (Å²) in [5.41, 5.74) is 2.66. The van der Waals surface area contributed by atoms with Crippen molar-refractivity contribution >= 4 is 27.0 Å². The van der Waals surface area contributed by atoms with E-state index in [0.717, 1.165) is 49.4 Å². The number of hydrogen-bond acceptors (Lipinski definition) is 4. The molecule has 0 spiro atoms. The summed E-state index contributed by atoms with van der Waals surface area (Å²) in [5.74, 6) is 0.968. The van der Waals surface area contributed by atoms with Crippen LogP contribution in [0.25, 0.3) is 11.0 Å². The first-order valence-corrected chi connectivity index (χ1v) is 13.8. The molecule has 0 bridgehead atoms. The molecule has 1 aliphatic heterocycles. The molecule has 8 nitrogen and oxygen atoms in total. The number of fused-ring (bicyclic) bond motifs is 1. The van der Waals surface area contributed by atoms with Crippen LogP contribution in [-0.4, -0.2) is 57.7 Å². The lowest BCUT2D eigenvalue weighted by Crippen LogP contribution is -2.31. The number of imidazole rings is 1. The number of aromatic amines is 1. The van der Waals surface area contributed by atoms with Gasteiger partial charge < -0.3 is 14.5 Å². The Kier molecular flexibility index (Phi) is 7.42. The van der Waals surface area contributed by atoms with Crippen LogP contribution < -0.4 is 0 Å². The number of carbonyl (C=O) groups is 1. The second-order valence-corrected chi connectivity index (χ2v) is 10.7. The highest BCUT2D eigenvalue weighted by Gasteiger charge is 2.30. The fraction of sp³-hybridized carbons (Fsp3) is 0.520. The zero-order chi connectivity index (χ0) is 24.3. The molecule has 1 aliphatic rings. The second-order valence-electron chi connectivity index (χ2n) is 8.79. The van der Waals surface area contributed by atoms with Gasteiger partial charge in [-0.05, 0) is 49.6 Å². The first kappa shape index (κ1) is 24.5. The van der Waals surface area contributed by atoms with Gasteiger partial charge in [0.15, 0.2) is 0 Å².